The molecular formula is C19H42O10P2. The highest BCUT2D eigenvalue weighted by Crippen LogP contribution is 2.40. The predicted molar refractivity (Wildman–Crippen MR) is 118 cm³/mol. The molecule has 0 amide bonds. The molecular weight excluding hydrogens is 450 g/mol. The largest absolute Gasteiger partial charge is 0.469 e. The lowest BCUT2D eigenvalue weighted by atomic mass is 9.88. The van der Waals surface area contributed by atoms with E-state index >= 15 is 0 Å². The average molecular weight is 492 g/mol. The van der Waals surface area contributed by atoms with Crippen LogP contribution in [0.4, 0.5) is 0 Å². The van der Waals surface area contributed by atoms with E-state index < -0.39 is 15.6 Å². The minimum absolute atomic E-state index is 0.0220. The van der Waals surface area contributed by atoms with Gasteiger partial charge in [0, 0.05) is 26.4 Å². The lowest BCUT2D eigenvalue weighted by Crippen LogP contribution is -2.18. The quantitative estimate of drug-likeness (QED) is 0.145. The van der Waals surface area contributed by atoms with Gasteiger partial charge in [0.2, 0.25) is 0 Å². The van der Waals surface area contributed by atoms with Crippen LogP contribution in [0.2, 0.25) is 0 Å². The molecule has 0 aromatic rings. The number of ether oxygens (including phenoxy) is 2. The van der Waals surface area contributed by atoms with Gasteiger partial charge >= 0.3 is 15.6 Å². The van der Waals surface area contributed by atoms with E-state index in [1.165, 1.54) is 0 Å². The number of hydrogen-bond acceptors (Lipinski definition) is 6. The van der Waals surface area contributed by atoms with Crippen molar-refractivity contribution >= 4 is 15.6 Å². The van der Waals surface area contributed by atoms with Gasteiger partial charge in [0.05, 0.1) is 13.2 Å². The zero-order valence-corrected chi connectivity index (χ0v) is 21.1. The van der Waals surface area contributed by atoms with E-state index in [9.17, 15) is 9.13 Å². The van der Waals surface area contributed by atoms with Gasteiger partial charge < -0.3 is 29.0 Å². The zero-order valence-electron chi connectivity index (χ0n) is 19.3. The monoisotopic (exact) mass is 492 g/mol. The molecule has 0 aromatic carbocycles. The summed E-state index contributed by atoms with van der Waals surface area (Å²) >= 11 is 0. The Morgan fingerprint density at radius 1 is 0.581 bits per heavy atom. The lowest BCUT2D eigenvalue weighted by Gasteiger charge is -2.24. The maximum atomic E-state index is 10.8. The highest BCUT2D eigenvalue weighted by molar-refractivity contribution is 7.46. The van der Waals surface area contributed by atoms with E-state index in [0.29, 0.717) is 26.4 Å². The number of unbranched alkanes of at least 4 members (excludes halogenated alkanes) is 2. The summed E-state index contributed by atoms with van der Waals surface area (Å²) < 4.78 is 41.8. The molecule has 0 saturated carbocycles. The summed E-state index contributed by atoms with van der Waals surface area (Å²) in [7, 11) is -8.83. The van der Waals surface area contributed by atoms with Crippen LogP contribution in [0.5, 0.6) is 0 Å². The van der Waals surface area contributed by atoms with Gasteiger partial charge in [-0.05, 0) is 42.9 Å². The highest BCUT2D eigenvalue weighted by atomic mass is 31.2. The van der Waals surface area contributed by atoms with Gasteiger partial charge in [0.25, 0.3) is 0 Å². The summed E-state index contributed by atoms with van der Waals surface area (Å²) in [6, 6.07) is 0. The van der Waals surface area contributed by atoms with Crippen LogP contribution in [0.3, 0.4) is 0 Å². The summed E-state index contributed by atoms with van der Waals surface area (Å²) in [4.78, 5) is 35.0. The number of rotatable bonds is 20. The van der Waals surface area contributed by atoms with Crippen LogP contribution in [-0.4, -0.2) is 59.2 Å². The predicted octanol–water partition coefficient (Wildman–Crippen LogP) is 4.02. The highest BCUT2D eigenvalue weighted by Gasteiger charge is 2.24. The molecule has 0 unspecified atom stereocenters. The van der Waals surface area contributed by atoms with Crippen LogP contribution < -0.4 is 0 Å². The molecule has 0 aliphatic heterocycles. The molecule has 0 heterocycles. The van der Waals surface area contributed by atoms with Crippen LogP contribution in [0, 0.1) is 10.8 Å². The Kier molecular flexibility index (Phi) is 15.2. The summed E-state index contributed by atoms with van der Waals surface area (Å²) in [5, 5.41) is 0. The van der Waals surface area contributed by atoms with Crippen molar-refractivity contribution in [2.45, 2.75) is 72.6 Å². The maximum absolute atomic E-state index is 10.8. The van der Waals surface area contributed by atoms with Crippen molar-refractivity contribution in [1.82, 2.24) is 0 Å². The van der Waals surface area contributed by atoms with Gasteiger partial charge in [-0.2, -0.15) is 0 Å². The van der Waals surface area contributed by atoms with Crippen molar-refractivity contribution in [3.05, 3.63) is 0 Å². The fourth-order valence-electron chi connectivity index (χ4n) is 2.74. The molecule has 31 heavy (non-hydrogen) atoms. The third-order valence-electron chi connectivity index (χ3n) is 4.61. The van der Waals surface area contributed by atoms with Crippen molar-refractivity contribution in [1.29, 1.82) is 0 Å². The first-order valence-electron chi connectivity index (χ1n) is 10.7. The number of phosphoric acid groups is 2. The van der Waals surface area contributed by atoms with Crippen LogP contribution in [0.1, 0.15) is 72.6 Å². The Hall–Kier alpha value is 0.140. The Morgan fingerprint density at radius 2 is 0.903 bits per heavy atom. The molecule has 188 valence electrons. The third kappa shape index (κ3) is 23.1. The molecule has 10 nitrogen and oxygen atoms in total. The maximum Gasteiger partial charge on any atom is 0.469 e. The zero-order chi connectivity index (χ0) is 24.0. The van der Waals surface area contributed by atoms with Crippen LogP contribution >= 0.6 is 15.6 Å². The summed E-state index contributed by atoms with van der Waals surface area (Å²) in [5.74, 6) is 0. The van der Waals surface area contributed by atoms with Crippen molar-refractivity contribution in [3.63, 3.8) is 0 Å². The summed E-state index contributed by atoms with van der Waals surface area (Å²) in [6.07, 6.45) is 5.93. The second kappa shape index (κ2) is 15.1. The van der Waals surface area contributed by atoms with E-state index in [0.717, 1.165) is 44.9 Å². The minimum Gasteiger partial charge on any atom is -0.381 e. The van der Waals surface area contributed by atoms with E-state index in [-0.39, 0.29) is 24.0 Å². The molecule has 0 atom stereocenters. The molecule has 0 bridgehead atoms. The molecule has 0 fully saturated rings. The first kappa shape index (κ1) is 31.1. The van der Waals surface area contributed by atoms with Gasteiger partial charge in [-0.15, -0.1) is 0 Å². The molecule has 0 radical (unpaired) electrons. The van der Waals surface area contributed by atoms with Gasteiger partial charge in [0.15, 0.2) is 0 Å². The average Bonchev–Trinajstić information content (AvgIpc) is 2.61. The molecule has 0 rings (SSSR count). The van der Waals surface area contributed by atoms with E-state index in [4.69, 9.17) is 29.0 Å². The normalized spacial score (nSPS) is 13.7. The second-order valence-electron chi connectivity index (χ2n) is 9.35. The molecule has 0 aliphatic rings. The molecule has 0 saturated heterocycles. The van der Waals surface area contributed by atoms with Crippen molar-refractivity contribution in [2.75, 3.05) is 39.6 Å². The van der Waals surface area contributed by atoms with Gasteiger partial charge in [-0.1, -0.05) is 40.5 Å². The minimum atomic E-state index is -4.42. The topological polar surface area (TPSA) is 152 Å². The van der Waals surface area contributed by atoms with Crippen molar-refractivity contribution in [3.8, 4) is 0 Å². The van der Waals surface area contributed by atoms with Gasteiger partial charge in [-0.3, -0.25) is 9.05 Å². The molecule has 0 aliphatic carbocycles. The lowest BCUT2D eigenvalue weighted by molar-refractivity contribution is 0.0743. The second-order valence-corrected chi connectivity index (χ2v) is 11.8. The fraction of sp³-hybridized carbons (Fsp3) is 1.00. The Bertz CT molecular complexity index is 508. The smallest absolute Gasteiger partial charge is 0.381 e. The fourth-order valence-corrected chi connectivity index (χ4v) is 3.78. The first-order chi connectivity index (χ1) is 14.1. The molecule has 4 N–H and O–H groups in total. The Balaban J connectivity index is 3.51. The number of phosphoric ester groups is 2. The van der Waals surface area contributed by atoms with E-state index in [1.54, 1.807) is 0 Å². The Labute approximate surface area is 186 Å². The van der Waals surface area contributed by atoms with Crippen LogP contribution in [-0.2, 0) is 27.7 Å². The SMILES string of the molecule is CC(C)(CCCCOCCCOCCCCC(C)(C)COP(=O)(O)O)COP(=O)(O)O. The molecule has 12 heteroatoms. The standard InChI is InChI=1S/C19H42O10P2/c1-18(2,16-28-30(20,21)22)10-5-7-12-26-14-9-15-27-13-8-6-11-19(3,4)17-29-31(23,24)25/h5-17H2,1-4H3,(H2,20,21,22)(H2,23,24,25). The van der Waals surface area contributed by atoms with Gasteiger partial charge in [-0.25, -0.2) is 9.13 Å². The van der Waals surface area contributed by atoms with Crippen LogP contribution in [0.15, 0.2) is 0 Å². The summed E-state index contributed by atoms with van der Waals surface area (Å²) in [6.45, 7) is 10.2. The molecule has 0 aromatic heterocycles. The molecule has 0 spiro atoms. The van der Waals surface area contributed by atoms with Gasteiger partial charge in [0.1, 0.15) is 0 Å². The Morgan fingerprint density at radius 3 is 1.23 bits per heavy atom. The van der Waals surface area contributed by atoms with Crippen molar-refractivity contribution in [2.24, 2.45) is 10.8 Å². The summed E-state index contributed by atoms with van der Waals surface area (Å²) in [5.41, 5.74) is -0.590. The van der Waals surface area contributed by atoms with E-state index in [2.05, 4.69) is 9.05 Å². The first-order valence-corrected chi connectivity index (χ1v) is 13.7. The van der Waals surface area contributed by atoms with E-state index in [1.807, 2.05) is 27.7 Å². The van der Waals surface area contributed by atoms with Crippen molar-refractivity contribution < 1.29 is 47.2 Å². The van der Waals surface area contributed by atoms with Crippen LogP contribution in [0.25, 0.3) is 0 Å². The number of hydrogen-bond donors (Lipinski definition) is 4. The third-order valence-corrected chi connectivity index (χ3v) is 5.54.